The van der Waals surface area contributed by atoms with E-state index in [0.717, 1.165) is 5.56 Å². The zero-order chi connectivity index (χ0) is 15.3. The molecule has 0 aromatic heterocycles. The Kier molecular flexibility index (Phi) is 4.93. The van der Waals surface area contributed by atoms with Crippen LogP contribution >= 0.6 is 0 Å². The first kappa shape index (κ1) is 15.5. The lowest BCUT2D eigenvalue weighted by Gasteiger charge is -2.31. The average Bonchev–Trinajstić information content (AvgIpc) is 2.50. The molecule has 1 aromatic rings. The number of benzene rings is 1. The highest BCUT2D eigenvalue weighted by atomic mass is 16.5. The first-order valence-corrected chi connectivity index (χ1v) is 7.01. The summed E-state index contributed by atoms with van der Waals surface area (Å²) >= 11 is 0. The molecule has 0 atom stereocenters. The van der Waals surface area contributed by atoms with Crippen molar-refractivity contribution in [2.45, 2.75) is 24.8 Å². The van der Waals surface area contributed by atoms with Crippen molar-refractivity contribution in [2.75, 3.05) is 25.6 Å². The van der Waals surface area contributed by atoms with Crippen LogP contribution in [0.25, 0.3) is 0 Å². The van der Waals surface area contributed by atoms with Gasteiger partial charge in [-0.05, 0) is 30.5 Å². The molecule has 0 saturated carbocycles. The van der Waals surface area contributed by atoms with Gasteiger partial charge in [0.2, 0.25) is 11.8 Å². The zero-order valence-corrected chi connectivity index (χ0v) is 12.1. The van der Waals surface area contributed by atoms with Crippen molar-refractivity contribution in [3.05, 3.63) is 29.8 Å². The van der Waals surface area contributed by atoms with Gasteiger partial charge in [0, 0.05) is 25.9 Å². The summed E-state index contributed by atoms with van der Waals surface area (Å²) in [4.78, 5) is 23.5. The highest BCUT2D eigenvalue weighted by Crippen LogP contribution is 2.20. The smallest absolute Gasteiger partial charge is 0.244 e. The van der Waals surface area contributed by atoms with Crippen molar-refractivity contribution >= 4 is 17.5 Å². The number of hydrogen-bond acceptors (Lipinski definition) is 4. The number of amides is 2. The molecule has 0 aliphatic carbocycles. The molecule has 2 rings (SSSR count). The second kappa shape index (κ2) is 6.69. The van der Waals surface area contributed by atoms with Gasteiger partial charge in [-0.25, -0.2) is 0 Å². The molecule has 21 heavy (non-hydrogen) atoms. The fourth-order valence-electron chi connectivity index (χ4n) is 2.20. The third-order valence-corrected chi connectivity index (χ3v) is 3.69. The molecule has 114 valence electrons. The lowest BCUT2D eigenvalue weighted by atomic mass is 9.90. The Labute approximate surface area is 124 Å². The number of carbonyl (C=O) groups excluding carboxylic acids is 2. The summed E-state index contributed by atoms with van der Waals surface area (Å²) < 4.78 is 5.23. The molecule has 1 fully saturated rings. The maximum Gasteiger partial charge on any atom is 0.244 e. The Morgan fingerprint density at radius 2 is 1.86 bits per heavy atom. The van der Waals surface area contributed by atoms with Gasteiger partial charge in [-0.1, -0.05) is 12.1 Å². The lowest BCUT2D eigenvalue weighted by Crippen LogP contribution is -2.54. The van der Waals surface area contributed by atoms with Crippen molar-refractivity contribution < 1.29 is 14.3 Å². The van der Waals surface area contributed by atoms with Crippen molar-refractivity contribution in [2.24, 2.45) is 5.73 Å². The van der Waals surface area contributed by atoms with E-state index < -0.39 is 5.54 Å². The van der Waals surface area contributed by atoms with Crippen molar-refractivity contribution in [1.82, 2.24) is 5.32 Å². The van der Waals surface area contributed by atoms with E-state index in [1.807, 2.05) is 12.1 Å². The molecule has 1 aliphatic heterocycles. The number of carbonyl (C=O) groups is 2. The number of nitrogens with one attached hydrogen (secondary N) is 2. The summed E-state index contributed by atoms with van der Waals surface area (Å²) in [6, 6.07) is 7.19. The molecular formula is C15H21N3O3. The van der Waals surface area contributed by atoms with E-state index in [2.05, 4.69) is 10.6 Å². The van der Waals surface area contributed by atoms with Crippen LogP contribution in [0.4, 0.5) is 5.69 Å². The molecule has 0 unspecified atom stereocenters. The van der Waals surface area contributed by atoms with Crippen LogP contribution < -0.4 is 16.4 Å². The lowest BCUT2D eigenvalue weighted by molar-refractivity contribution is -0.124. The van der Waals surface area contributed by atoms with E-state index in [1.54, 1.807) is 19.2 Å². The van der Waals surface area contributed by atoms with Crippen LogP contribution in [0.15, 0.2) is 24.3 Å². The maximum absolute atomic E-state index is 12.2. The second-order valence-corrected chi connectivity index (χ2v) is 5.27. The van der Waals surface area contributed by atoms with Crippen molar-refractivity contribution in [3.8, 4) is 0 Å². The summed E-state index contributed by atoms with van der Waals surface area (Å²) in [6.07, 6.45) is 1.37. The maximum atomic E-state index is 12.2. The summed E-state index contributed by atoms with van der Waals surface area (Å²) in [5.74, 6) is -0.236. The Balaban J connectivity index is 1.96. The number of hydrogen-bond donors (Lipinski definition) is 3. The van der Waals surface area contributed by atoms with Crippen LogP contribution in [-0.4, -0.2) is 37.6 Å². The van der Waals surface area contributed by atoms with Crippen LogP contribution in [0, 0.1) is 0 Å². The van der Waals surface area contributed by atoms with Crippen LogP contribution in [0.1, 0.15) is 18.4 Å². The number of nitrogens with two attached hydrogens (primary N) is 1. The van der Waals surface area contributed by atoms with Gasteiger partial charge in [-0.2, -0.15) is 0 Å². The monoisotopic (exact) mass is 291 g/mol. The highest BCUT2D eigenvalue weighted by Gasteiger charge is 2.35. The Bertz CT molecular complexity index is 507. The van der Waals surface area contributed by atoms with Gasteiger partial charge in [-0.3, -0.25) is 9.59 Å². The fraction of sp³-hybridized carbons (Fsp3) is 0.467. The molecule has 0 bridgehead atoms. The topological polar surface area (TPSA) is 93.5 Å². The van der Waals surface area contributed by atoms with Gasteiger partial charge in [0.15, 0.2) is 0 Å². The van der Waals surface area contributed by atoms with Crippen LogP contribution in [-0.2, 0) is 20.7 Å². The van der Waals surface area contributed by atoms with E-state index >= 15 is 0 Å². The van der Waals surface area contributed by atoms with E-state index in [4.69, 9.17) is 10.5 Å². The van der Waals surface area contributed by atoms with Crippen LogP contribution in [0.2, 0.25) is 0 Å². The zero-order valence-electron chi connectivity index (χ0n) is 12.1. The molecule has 1 saturated heterocycles. The largest absolute Gasteiger partial charge is 0.381 e. The molecule has 1 aromatic carbocycles. The first-order chi connectivity index (χ1) is 10.0. The number of likely N-dealkylation sites (N-methyl/N-ethyl adjacent to an activating group) is 1. The normalized spacial score (nSPS) is 17.0. The predicted octanol–water partition coefficient (Wildman–Crippen LogP) is 0.421. The summed E-state index contributed by atoms with van der Waals surface area (Å²) in [7, 11) is 1.60. The summed E-state index contributed by atoms with van der Waals surface area (Å²) in [6.45, 7) is 1.02. The SMILES string of the molecule is CNC(=O)Cc1ccc(NC(=O)C2(N)CCOCC2)cc1. The van der Waals surface area contributed by atoms with E-state index in [1.165, 1.54) is 0 Å². The van der Waals surface area contributed by atoms with Crippen molar-refractivity contribution in [1.29, 1.82) is 0 Å². The number of ether oxygens (including phenoxy) is 1. The van der Waals surface area contributed by atoms with E-state index in [-0.39, 0.29) is 11.8 Å². The predicted molar refractivity (Wildman–Crippen MR) is 79.8 cm³/mol. The molecule has 1 heterocycles. The minimum absolute atomic E-state index is 0.0464. The van der Waals surface area contributed by atoms with Gasteiger partial charge in [0.05, 0.1) is 6.42 Å². The van der Waals surface area contributed by atoms with E-state index in [0.29, 0.717) is 38.2 Å². The molecule has 0 spiro atoms. The van der Waals surface area contributed by atoms with Gasteiger partial charge < -0.3 is 21.1 Å². The molecule has 0 radical (unpaired) electrons. The Morgan fingerprint density at radius 1 is 1.24 bits per heavy atom. The summed E-state index contributed by atoms with van der Waals surface area (Å²) in [5.41, 5.74) is 6.82. The molecule has 6 heteroatoms. The molecular weight excluding hydrogens is 270 g/mol. The minimum atomic E-state index is -0.862. The third-order valence-electron chi connectivity index (χ3n) is 3.69. The molecule has 2 amide bonds. The van der Waals surface area contributed by atoms with Crippen LogP contribution in [0.5, 0.6) is 0 Å². The van der Waals surface area contributed by atoms with E-state index in [9.17, 15) is 9.59 Å². The van der Waals surface area contributed by atoms with Gasteiger partial charge >= 0.3 is 0 Å². The fourth-order valence-corrected chi connectivity index (χ4v) is 2.20. The molecule has 1 aliphatic rings. The Morgan fingerprint density at radius 3 is 2.43 bits per heavy atom. The first-order valence-electron chi connectivity index (χ1n) is 7.01. The average molecular weight is 291 g/mol. The van der Waals surface area contributed by atoms with Gasteiger partial charge in [0.25, 0.3) is 0 Å². The quantitative estimate of drug-likeness (QED) is 0.749. The summed E-state index contributed by atoms with van der Waals surface area (Å²) in [5, 5.41) is 5.40. The standard InChI is InChI=1S/C15H21N3O3/c1-17-13(19)10-11-2-4-12(5-3-11)18-14(20)15(16)6-8-21-9-7-15/h2-5H,6-10,16H2,1H3,(H,17,19)(H,18,20). The second-order valence-electron chi connectivity index (χ2n) is 5.27. The highest BCUT2D eigenvalue weighted by molar-refractivity contribution is 5.98. The number of anilines is 1. The van der Waals surface area contributed by atoms with Crippen molar-refractivity contribution in [3.63, 3.8) is 0 Å². The number of rotatable bonds is 4. The van der Waals surface area contributed by atoms with Crippen LogP contribution in [0.3, 0.4) is 0 Å². The van der Waals surface area contributed by atoms with Gasteiger partial charge in [0.1, 0.15) is 5.54 Å². The Hall–Kier alpha value is -1.92. The van der Waals surface area contributed by atoms with Gasteiger partial charge in [-0.15, -0.1) is 0 Å². The third kappa shape index (κ3) is 4.03. The minimum Gasteiger partial charge on any atom is -0.381 e. The molecule has 6 nitrogen and oxygen atoms in total. The molecule has 4 N–H and O–H groups in total.